The van der Waals surface area contributed by atoms with Crippen LogP contribution in [0.5, 0.6) is 0 Å². The zero-order valence-corrected chi connectivity index (χ0v) is 71.2. The molecule has 0 spiro atoms. The predicted molar refractivity (Wildman–Crippen MR) is 432 cm³/mol. The van der Waals surface area contributed by atoms with Crippen molar-refractivity contribution in [1.82, 2.24) is 0 Å². The number of ether oxygens (including phenoxy) is 4. The van der Waals surface area contributed by atoms with Gasteiger partial charge in [0, 0.05) is 25.7 Å². The first-order valence-corrected chi connectivity index (χ1v) is 47.2. The fourth-order valence-electron chi connectivity index (χ4n) is 13.3. The van der Waals surface area contributed by atoms with E-state index in [0.29, 0.717) is 25.7 Å². The molecule has 624 valence electrons. The first kappa shape index (κ1) is 103. The molecule has 0 aliphatic heterocycles. The summed E-state index contributed by atoms with van der Waals surface area (Å²) in [7, 11) is -9.93. The number of aliphatic hydroxyl groups excluding tert-OH is 1. The lowest BCUT2D eigenvalue weighted by molar-refractivity contribution is -0.161. The van der Waals surface area contributed by atoms with Crippen LogP contribution in [0.4, 0.5) is 0 Å². The molecule has 0 radical (unpaired) electrons. The van der Waals surface area contributed by atoms with Gasteiger partial charge < -0.3 is 33.8 Å². The van der Waals surface area contributed by atoms with E-state index < -0.39 is 97.5 Å². The number of phosphoric ester groups is 2. The van der Waals surface area contributed by atoms with E-state index in [1.807, 2.05) is 0 Å². The number of hydrogen-bond donors (Lipinski definition) is 3. The molecule has 2 unspecified atom stereocenters. The van der Waals surface area contributed by atoms with Crippen molar-refractivity contribution < 1.29 is 80.2 Å². The van der Waals surface area contributed by atoms with Crippen LogP contribution in [0.2, 0.25) is 0 Å². The van der Waals surface area contributed by atoms with Gasteiger partial charge in [-0.05, 0) is 49.4 Å². The number of carbonyl (C=O) groups excluding carboxylic acids is 4. The summed E-state index contributed by atoms with van der Waals surface area (Å²) >= 11 is 0. The number of aliphatic hydroxyl groups is 1. The smallest absolute Gasteiger partial charge is 0.462 e. The fraction of sp³-hybridized carbons (Fsp3) is 0.953. The second kappa shape index (κ2) is 74.8. The molecule has 0 amide bonds. The lowest BCUT2D eigenvalue weighted by atomic mass is 10.0. The molecular weight excluding hydrogens is 1370 g/mol. The summed E-state index contributed by atoms with van der Waals surface area (Å²) in [5.41, 5.74) is 0. The molecule has 5 atom stereocenters. The molecule has 0 saturated heterocycles. The van der Waals surface area contributed by atoms with Crippen LogP contribution in [-0.2, 0) is 65.4 Å². The van der Waals surface area contributed by atoms with Gasteiger partial charge in [0.15, 0.2) is 12.2 Å². The van der Waals surface area contributed by atoms with E-state index in [9.17, 15) is 43.2 Å². The minimum Gasteiger partial charge on any atom is -0.462 e. The van der Waals surface area contributed by atoms with Gasteiger partial charge in [0.25, 0.3) is 0 Å². The van der Waals surface area contributed by atoms with Crippen LogP contribution < -0.4 is 0 Å². The summed E-state index contributed by atoms with van der Waals surface area (Å²) in [6.45, 7) is 14.3. The molecule has 0 fully saturated rings. The Hall–Kier alpha value is -1.94. The first-order chi connectivity index (χ1) is 50.6. The average Bonchev–Trinajstić information content (AvgIpc) is 0.974. The molecule has 0 aliphatic rings. The van der Waals surface area contributed by atoms with Gasteiger partial charge in [-0.3, -0.25) is 37.3 Å². The maximum absolute atomic E-state index is 13.1. The van der Waals surface area contributed by atoms with E-state index in [0.717, 1.165) is 114 Å². The van der Waals surface area contributed by atoms with Crippen molar-refractivity contribution in [3.8, 4) is 0 Å². The van der Waals surface area contributed by atoms with Gasteiger partial charge in [-0.25, -0.2) is 9.13 Å². The lowest BCUT2D eigenvalue weighted by Crippen LogP contribution is -2.30. The number of rotatable bonds is 83. The quantitative estimate of drug-likeness (QED) is 0.0222. The van der Waals surface area contributed by atoms with Crippen molar-refractivity contribution in [2.24, 2.45) is 23.7 Å². The van der Waals surface area contributed by atoms with Crippen LogP contribution in [0, 0.1) is 23.7 Å². The van der Waals surface area contributed by atoms with Gasteiger partial charge in [-0.2, -0.15) is 0 Å². The zero-order valence-electron chi connectivity index (χ0n) is 69.4. The Labute approximate surface area is 645 Å². The Morgan fingerprint density at radius 1 is 0.238 bits per heavy atom. The summed E-state index contributed by atoms with van der Waals surface area (Å²) in [6.07, 6.45) is 63.8. The highest BCUT2D eigenvalue weighted by Crippen LogP contribution is 2.45. The third-order valence-electron chi connectivity index (χ3n) is 20.1. The van der Waals surface area contributed by atoms with Gasteiger partial charge in [-0.15, -0.1) is 0 Å². The molecule has 0 rings (SSSR count). The summed E-state index contributed by atoms with van der Waals surface area (Å²) < 4.78 is 68.9. The summed E-state index contributed by atoms with van der Waals surface area (Å²) in [5.74, 6) is 1.04. The second-order valence-electron chi connectivity index (χ2n) is 32.8. The Morgan fingerprint density at radius 2 is 0.400 bits per heavy atom. The van der Waals surface area contributed by atoms with Crippen molar-refractivity contribution in [3.05, 3.63) is 0 Å². The Kier molecular flexibility index (Phi) is 73.4. The minimum absolute atomic E-state index is 0.107. The van der Waals surface area contributed by atoms with Gasteiger partial charge >= 0.3 is 39.5 Å². The van der Waals surface area contributed by atoms with E-state index in [4.69, 9.17) is 37.0 Å². The van der Waals surface area contributed by atoms with E-state index in [-0.39, 0.29) is 25.7 Å². The second-order valence-corrected chi connectivity index (χ2v) is 35.7. The number of esters is 4. The molecule has 0 saturated carbocycles. The Balaban J connectivity index is 5.27. The van der Waals surface area contributed by atoms with Crippen molar-refractivity contribution in [1.29, 1.82) is 0 Å². The molecule has 3 N–H and O–H groups in total. The maximum atomic E-state index is 13.1. The number of unbranched alkanes of at least 4 members (excludes halogenated alkanes) is 49. The monoisotopic (exact) mass is 1540 g/mol. The van der Waals surface area contributed by atoms with Crippen molar-refractivity contribution in [3.63, 3.8) is 0 Å². The van der Waals surface area contributed by atoms with Crippen LogP contribution in [0.1, 0.15) is 447 Å². The summed E-state index contributed by atoms with van der Waals surface area (Å²) in [4.78, 5) is 73.3. The normalized spacial score (nSPS) is 13.9. The van der Waals surface area contributed by atoms with Gasteiger partial charge in [0.05, 0.1) is 26.4 Å². The van der Waals surface area contributed by atoms with Crippen LogP contribution >= 0.6 is 15.6 Å². The van der Waals surface area contributed by atoms with Crippen LogP contribution in [0.25, 0.3) is 0 Å². The van der Waals surface area contributed by atoms with Crippen molar-refractivity contribution in [2.75, 3.05) is 39.6 Å². The number of hydrogen-bond acceptors (Lipinski definition) is 15. The van der Waals surface area contributed by atoms with E-state index in [1.54, 1.807) is 0 Å². The molecule has 17 nitrogen and oxygen atoms in total. The highest BCUT2D eigenvalue weighted by molar-refractivity contribution is 7.47. The molecule has 0 heterocycles. The topological polar surface area (TPSA) is 237 Å². The average molecular weight is 1540 g/mol. The molecule has 0 aromatic rings. The standard InChI is InChI=1S/C86H168O17P2/c1-76(2)62-54-46-38-30-23-17-11-9-10-12-21-27-35-44-52-60-68-85(90)102-81(72-96-83(88)66-58-50-42-34-26-20-15-13-18-24-31-39-47-55-63-77(3)4)74-100-104(92,93)98-70-80(87)71-99-105(94,95)101-75-82(73-97-84(89)67-59-51-43-37-29-33-41-49-57-65-79(7)8)103-86(91)69-61-53-45-36-28-22-16-14-19-25-32-40-48-56-64-78(5)6/h76-82,87H,9-75H2,1-8H3,(H,92,93)(H,94,95)/t80-,81-,82-/m1/s1. The first-order valence-electron chi connectivity index (χ1n) is 44.2. The molecule has 0 bridgehead atoms. The number of carbonyl (C=O) groups is 4. The van der Waals surface area contributed by atoms with Gasteiger partial charge in [-0.1, -0.05) is 396 Å². The molecule has 105 heavy (non-hydrogen) atoms. The third kappa shape index (κ3) is 79.9. The third-order valence-corrected chi connectivity index (χ3v) is 22.0. The number of phosphoric acid groups is 2. The fourth-order valence-corrected chi connectivity index (χ4v) is 14.9. The summed E-state index contributed by atoms with van der Waals surface area (Å²) in [6, 6.07) is 0. The lowest BCUT2D eigenvalue weighted by Gasteiger charge is -2.21. The molecule has 19 heteroatoms. The van der Waals surface area contributed by atoms with Gasteiger partial charge in [0.1, 0.15) is 19.3 Å². The SMILES string of the molecule is CC(C)CCCCCCCCCCCCCCCCCCC(=O)O[C@H](COC(=O)CCCCCCCCCCCCCCCCC(C)C)COP(=O)(O)OC[C@@H](O)COP(=O)(O)OC[C@@H](COC(=O)CCCCCCCCCCCC(C)C)OC(=O)CCCCCCCCCCCCCCCCC(C)C. The molecule has 0 aromatic heterocycles. The van der Waals surface area contributed by atoms with Crippen molar-refractivity contribution >= 4 is 39.5 Å². The molecule has 0 aromatic carbocycles. The Bertz CT molecular complexity index is 2040. The highest BCUT2D eigenvalue weighted by Gasteiger charge is 2.30. The van der Waals surface area contributed by atoms with Gasteiger partial charge in [0.2, 0.25) is 0 Å². The Morgan fingerprint density at radius 3 is 0.590 bits per heavy atom. The van der Waals surface area contributed by atoms with Crippen LogP contribution in [-0.4, -0.2) is 96.7 Å². The molecule has 0 aliphatic carbocycles. The largest absolute Gasteiger partial charge is 0.472 e. The molecular formula is C86H168O17P2. The minimum atomic E-state index is -4.97. The van der Waals surface area contributed by atoms with E-state index in [2.05, 4.69) is 55.4 Å². The summed E-state index contributed by atoms with van der Waals surface area (Å²) in [5, 5.41) is 10.7. The maximum Gasteiger partial charge on any atom is 0.472 e. The van der Waals surface area contributed by atoms with E-state index >= 15 is 0 Å². The van der Waals surface area contributed by atoms with Crippen molar-refractivity contribution in [2.45, 2.75) is 465 Å². The van der Waals surface area contributed by atoms with Crippen LogP contribution in [0.15, 0.2) is 0 Å². The highest BCUT2D eigenvalue weighted by atomic mass is 31.2. The zero-order chi connectivity index (χ0) is 77.4. The van der Waals surface area contributed by atoms with E-state index in [1.165, 1.54) is 250 Å². The predicted octanol–water partition coefficient (Wildman–Crippen LogP) is 25.9. The van der Waals surface area contributed by atoms with Crippen LogP contribution in [0.3, 0.4) is 0 Å².